The maximum absolute atomic E-state index is 8.72. The molecule has 1 aromatic heterocycles. The third-order valence-corrected chi connectivity index (χ3v) is 4.02. The van der Waals surface area contributed by atoms with Crippen molar-refractivity contribution in [3.05, 3.63) is 23.2 Å². The van der Waals surface area contributed by atoms with E-state index in [0.717, 1.165) is 21.0 Å². The van der Waals surface area contributed by atoms with Gasteiger partial charge in [0.25, 0.3) is 0 Å². The van der Waals surface area contributed by atoms with Crippen LogP contribution in [0.1, 0.15) is 32.2 Å². The summed E-state index contributed by atoms with van der Waals surface area (Å²) in [5.41, 5.74) is 1.11. The fourth-order valence-corrected chi connectivity index (χ4v) is 2.62. The predicted octanol–water partition coefficient (Wildman–Crippen LogP) is 3.36. The lowest BCUT2D eigenvalue weighted by Gasteiger charge is -2.13. The maximum Gasteiger partial charge on any atom is 0.120 e. The molecule has 0 bridgehead atoms. The van der Waals surface area contributed by atoms with Gasteiger partial charge >= 0.3 is 0 Å². The molecule has 18 heavy (non-hydrogen) atoms. The van der Waals surface area contributed by atoms with E-state index in [2.05, 4.69) is 25.8 Å². The molecule has 4 heteroatoms. The highest BCUT2D eigenvalue weighted by molar-refractivity contribution is 7.18. The van der Waals surface area contributed by atoms with Gasteiger partial charge in [0.1, 0.15) is 5.75 Å². The lowest BCUT2D eigenvalue weighted by atomic mass is 9.98. The number of hydrogen-bond acceptors (Lipinski definition) is 4. The van der Waals surface area contributed by atoms with Crippen molar-refractivity contribution >= 4 is 21.6 Å². The topological polar surface area (TPSA) is 42.4 Å². The van der Waals surface area contributed by atoms with E-state index < -0.39 is 0 Å². The standard InChI is InChI=1S/C14H19NO2S/c1-14(2,3)13-15-11-6-5-10(9-12(11)18-13)17-8-4-7-16/h5-6,9,16H,4,7-8H2,1-3H3. The molecule has 0 fully saturated rings. The lowest BCUT2D eigenvalue weighted by Crippen LogP contribution is -2.09. The van der Waals surface area contributed by atoms with Crippen molar-refractivity contribution in [3.8, 4) is 5.75 Å². The molecule has 0 aliphatic heterocycles. The number of ether oxygens (including phenoxy) is 1. The number of hydrogen-bond donors (Lipinski definition) is 1. The summed E-state index contributed by atoms with van der Waals surface area (Å²) in [6, 6.07) is 5.96. The van der Waals surface area contributed by atoms with E-state index in [-0.39, 0.29) is 12.0 Å². The lowest BCUT2D eigenvalue weighted by molar-refractivity contribution is 0.234. The molecule has 3 nitrogen and oxygen atoms in total. The van der Waals surface area contributed by atoms with Gasteiger partial charge in [0.05, 0.1) is 21.8 Å². The number of benzene rings is 1. The first-order valence-electron chi connectivity index (χ1n) is 6.15. The minimum absolute atomic E-state index is 0.0849. The number of aromatic nitrogens is 1. The maximum atomic E-state index is 8.72. The summed E-state index contributed by atoms with van der Waals surface area (Å²) in [5.74, 6) is 0.847. The Morgan fingerprint density at radius 2 is 2.11 bits per heavy atom. The molecule has 0 atom stereocenters. The zero-order valence-corrected chi connectivity index (χ0v) is 11.9. The molecular weight excluding hydrogens is 246 g/mol. The van der Waals surface area contributed by atoms with Crippen molar-refractivity contribution in [1.82, 2.24) is 4.98 Å². The molecule has 0 aliphatic carbocycles. The Balaban J connectivity index is 2.23. The molecule has 0 unspecified atom stereocenters. The van der Waals surface area contributed by atoms with Gasteiger partial charge in [-0.2, -0.15) is 0 Å². The van der Waals surface area contributed by atoms with Crippen molar-refractivity contribution in [2.45, 2.75) is 32.6 Å². The molecule has 0 spiro atoms. The molecule has 0 amide bonds. The Morgan fingerprint density at radius 3 is 2.78 bits per heavy atom. The van der Waals surface area contributed by atoms with Crippen LogP contribution >= 0.6 is 11.3 Å². The van der Waals surface area contributed by atoms with Crippen molar-refractivity contribution in [1.29, 1.82) is 0 Å². The second-order valence-corrected chi connectivity index (χ2v) is 6.35. The van der Waals surface area contributed by atoms with Crippen LogP contribution in [0, 0.1) is 0 Å². The van der Waals surface area contributed by atoms with Crippen LogP contribution in [0.4, 0.5) is 0 Å². The van der Waals surface area contributed by atoms with E-state index in [1.807, 2.05) is 18.2 Å². The summed E-state index contributed by atoms with van der Waals surface area (Å²) < 4.78 is 6.72. The molecule has 0 saturated heterocycles. The summed E-state index contributed by atoms with van der Waals surface area (Å²) in [6.45, 7) is 7.22. The fourth-order valence-electron chi connectivity index (χ4n) is 1.57. The Kier molecular flexibility index (Phi) is 3.88. The van der Waals surface area contributed by atoms with E-state index in [4.69, 9.17) is 9.84 Å². The van der Waals surface area contributed by atoms with Crippen LogP contribution in [0.5, 0.6) is 5.75 Å². The second kappa shape index (κ2) is 5.24. The van der Waals surface area contributed by atoms with Gasteiger partial charge in [-0.05, 0) is 18.2 Å². The molecular formula is C14H19NO2S. The number of aliphatic hydroxyl groups excluding tert-OH is 1. The Hall–Kier alpha value is -1.13. The average Bonchev–Trinajstić information content (AvgIpc) is 2.72. The van der Waals surface area contributed by atoms with Gasteiger partial charge in [-0.1, -0.05) is 20.8 Å². The van der Waals surface area contributed by atoms with Gasteiger partial charge in [0, 0.05) is 18.4 Å². The van der Waals surface area contributed by atoms with E-state index in [9.17, 15) is 0 Å². The number of thiazole rings is 1. The number of nitrogens with zero attached hydrogens (tertiary/aromatic N) is 1. The summed E-state index contributed by atoms with van der Waals surface area (Å²) in [6.07, 6.45) is 0.661. The van der Waals surface area contributed by atoms with Crippen LogP contribution in [0.2, 0.25) is 0 Å². The monoisotopic (exact) mass is 265 g/mol. The van der Waals surface area contributed by atoms with Gasteiger partial charge in [-0.3, -0.25) is 0 Å². The highest BCUT2D eigenvalue weighted by atomic mass is 32.1. The Bertz CT molecular complexity index is 528. The molecule has 0 saturated carbocycles. The van der Waals surface area contributed by atoms with E-state index in [1.165, 1.54) is 0 Å². The number of fused-ring (bicyclic) bond motifs is 1. The van der Waals surface area contributed by atoms with Gasteiger partial charge in [-0.15, -0.1) is 11.3 Å². The summed E-state index contributed by atoms with van der Waals surface area (Å²) >= 11 is 1.72. The zero-order valence-electron chi connectivity index (χ0n) is 11.1. The van der Waals surface area contributed by atoms with Crippen LogP contribution in [-0.4, -0.2) is 23.3 Å². The molecule has 0 aliphatic rings. The molecule has 98 valence electrons. The molecule has 1 aromatic carbocycles. The van der Waals surface area contributed by atoms with Gasteiger partial charge in [0.15, 0.2) is 0 Å². The summed E-state index contributed by atoms with van der Waals surface area (Å²) in [4.78, 5) is 4.64. The molecule has 2 aromatic rings. The predicted molar refractivity (Wildman–Crippen MR) is 75.5 cm³/mol. The van der Waals surface area contributed by atoms with Crippen LogP contribution in [-0.2, 0) is 5.41 Å². The third-order valence-electron chi connectivity index (χ3n) is 2.57. The highest BCUT2D eigenvalue weighted by Crippen LogP contribution is 2.32. The third kappa shape index (κ3) is 3.00. The normalized spacial score (nSPS) is 12.0. The number of rotatable bonds is 4. The minimum Gasteiger partial charge on any atom is -0.493 e. The van der Waals surface area contributed by atoms with Crippen molar-refractivity contribution < 1.29 is 9.84 Å². The summed E-state index contributed by atoms with van der Waals surface area (Å²) in [5, 5.41) is 9.86. The SMILES string of the molecule is CC(C)(C)c1nc2ccc(OCCCO)cc2s1. The largest absolute Gasteiger partial charge is 0.493 e. The number of aliphatic hydroxyl groups is 1. The Labute approximate surface area is 111 Å². The smallest absolute Gasteiger partial charge is 0.120 e. The van der Waals surface area contributed by atoms with E-state index in [0.29, 0.717) is 13.0 Å². The van der Waals surface area contributed by atoms with Crippen LogP contribution in [0.3, 0.4) is 0 Å². The van der Waals surface area contributed by atoms with Crippen LogP contribution < -0.4 is 4.74 Å². The van der Waals surface area contributed by atoms with Crippen molar-refractivity contribution in [2.75, 3.05) is 13.2 Å². The quantitative estimate of drug-likeness (QED) is 0.862. The highest BCUT2D eigenvalue weighted by Gasteiger charge is 2.18. The first-order chi connectivity index (χ1) is 8.50. The van der Waals surface area contributed by atoms with E-state index in [1.54, 1.807) is 11.3 Å². The minimum atomic E-state index is 0.0849. The molecule has 1 heterocycles. The summed E-state index contributed by atoms with van der Waals surface area (Å²) in [7, 11) is 0. The first kappa shape index (κ1) is 13.3. The average molecular weight is 265 g/mol. The van der Waals surface area contributed by atoms with Crippen molar-refractivity contribution in [2.24, 2.45) is 0 Å². The van der Waals surface area contributed by atoms with Crippen LogP contribution in [0.25, 0.3) is 10.2 Å². The van der Waals surface area contributed by atoms with Gasteiger partial charge in [-0.25, -0.2) is 4.98 Å². The van der Waals surface area contributed by atoms with Crippen LogP contribution in [0.15, 0.2) is 18.2 Å². The zero-order chi connectivity index (χ0) is 13.2. The molecule has 0 radical (unpaired) electrons. The van der Waals surface area contributed by atoms with E-state index >= 15 is 0 Å². The second-order valence-electron chi connectivity index (χ2n) is 5.32. The van der Waals surface area contributed by atoms with Gasteiger partial charge < -0.3 is 9.84 Å². The van der Waals surface area contributed by atoms with Gasteiger partial charge in [0.2, 0.25) is 0 Å². The van der Waals surface area contributed by atoms with Crippen molar-refractivity contribution in [3.63, 3.8) is 0 Å². The first-order valence-corrected chi connectivity index (χ1v) is 6.97. The molecule has 1 N–H and O–H groups in total. The Morgan fingerprint density at radius 1 is 1.33 bits per heavy atom. The molecule has 2 rings (SSSR count). The fraction of sp³-hybridized carbons (Fsp3) is 0.500.